The number of nitrogens with one attached hydrogen (secondary N) is 1. The fourth-order valence-corrected chi connectivity index (χ4v) is 2.60. The smallest absolute Gasteiger partial charge is 0.287 e. The molecule has 0 aliphatic carbocycles. The van der Waals surface area contributed by atoms with E-state index >= 15 is 0 Å². The van der Waals surface area contributed by atoms with E-state index in [0.29, 0.717) is 22.4 Å². The van der Waals surface area contributed by atoms with Gasteiger partial charge in [0, 0.05) is 17.1 Å². The van der Waals surface area contributed by atoms with E-state index in [1.165, 1.54) is 0 Å². The first-order chi connectivity index (χ1) is 11.1. The molecule has 1 aromatic heterocycles. The van der Waals surface area contributed by atoms with Crippen molar-refractivity contribution in [3.63, 3.8) is 0 Å². The standard InChI is InChI=1S/C18H13Cl2NO2/c19-14-7-3-1-5-12(14)11-21-18(22)17-10-9-16(23-17)13-6-2-4-8-15(13)20/h1-10H,11H2,(H,21,22). The molecular formula is C18H13Cl2NO2. The molecule has 3 aromatic rings. The molecule has 0 atom stereocenters. The van der Waals surface area contributed by atoms with Gasteiger partial charge in [0.1, 0.15) is 5.76 Å². The Bertz CT molecular complexity index is 842. The van der Waals surface area contributed by atoms with E-state index in [1.54, 1.807) is 24.3 Å². The van der Waals surface area contributed by atoms with Crippen molar-refractivity contribution < 1.29 is 9.21 Å². The lowest BCUT2D eigenvalue weighted by molar-refractivity contribution is 0.0924. The summed E-state index contributed by atoms with van der Waals surface area (Å²) in [4.78, 5) is 12.2. The Morgan fingerprint density at radius 3 is 2.35 bits per heavy atom. The van der Waals surface area contributed by atoms with Gasteiger partial charge in [-0.3, -0.25) is 4.79 Å². The molecule has 1 heterocycles. The van der Waals surface area contributed by atoms with Gasteiger partial charge in [-0.1, -0.05) is 53.5 Å². The molecule has 0 saturated heterocycles. The minimum atomic E-state index is -0.303. The third kappa shape index (κ3) is 3.58. The zero-order valence-corrected chi connectivity index (χ0v) is 13.6. The number of rotatable bonds is 4. The SMILES string of the molecule is O=C(NCc1ccccc1Cl)c1ccc(-c2ccccc2Cl)o1. The van der Waals surface area contributed by atoms with Crippen LogP contribution in [0.4, 0.5) is 0 Å². The maximum Gasteiger partial charge on any atom is 0.287 e. The molecule has 0 unspecified atom stereocenters. The number of hydrogen-bond donors (Lipinski definition) is 1. The Morgan fingerprint density at radius 1 is 0.913 bits per heavy atom. The summed E-state index contributed by atoms with van der Waals surface area (Å²) in [6.07, 6.45) is 0. The molecule has 0 fully saturated rings. The quantitative estimate of drug-likeness (QED) is 0.707. The van der Waals surface area contributed by atoms with Gasteiger partial charge in [0.05, 0.1) is 5.02 Å². The van der Waals surface area contributed by atoms with E-state index in [2.05, 4.69) is 5.32 Å². The highest BCUT2D eigenvalue weighted by Crippen LogP contribution is 2.29. The van der Waals surface area contributed by atoms with Crippen molar-refractivity contribution in [1.29, 1.82) is 0 Å². The van der Waals surface area contributed by atoms with E-state index in [-0.39, 0.29) is 11.7 Å². The number of carbonyl (C=O) groups is 1. The molecule has 1 amide bonds. The van der Waals surface area contributed by atoms with Crippen molar-refractivity contribution in [2.45, 2.75) is 6.54 Å². The first-order valence-corrected chi connectivity index (χ1v) is 7.77. The van der Waals surface area contributed by atoms with Gasteiger partial charge >= 0.3 is 0 Å². The molecular weight excluding hydrogens is 333 g/mol. The number of amides is 1. The molecule has 2 aromatic carbocycles. The molecule has 0 spiro atoms. The summed E-state index contributed by atoms with van der Waals surface area (Å²) in [6, 6.07) is 18.0. The molecule has 116 valence electrons. The van der Waals surface area contributed by atoms with Crippen LogP contribution in [0.3, 0.4) is 0 Å². The maximum atomic E-state index is 12.2. The first-order valence-electron chi connectivity index (χ1n) is 7.01. The van der Waals surface area contributed by atoms with Crippen molar-refractivity contribution in [3.8, 4) is 11.3 Å². The van der Waals surface area contributed by atoms with Crippen molar-refractivity contribution >= 4 is 29.1 Å². The van der Waals surface area contributed by atoms with E-state index in [4.69, 9.17) is 27.6 Å². The fourth-order valence-electron chi connectivity index (χ4n) is 2.17. The zero-order valence-electron chi connectivity index (χ0n) is 12.1. The summed E-state index contributed by atoms with van der Waals surface area (Å²) in [5.74, 6) is 0.480. The van der Waals surface area contributed by atoms with Gasteiger partial charge < -0.3 is 9.73 Å². The lowest BCUT2D eigenvalue weighted by Gasteiger charge is -2.05. The minimum Gasteiger partial charge on any atom is -0.451 e. The van der Waals surface area contributed by atoms with Crippen LogP contribution < -0.4 is 5.32 Å². The average Bonchev–Trinajstić information content (AvgIpc) is 3.04. The molecule has 0 saturated carbocycles. The van der Waals surface area contributed by atoms with E-state index in [1.807, 2.05) is 36.4 Å². The third-order valence-corrected chi connectivity index (χ3v) is 4.06. The molecule has 23 heavy (non-hydrogen) atoms. The fraction of sp³-hybridized carbons (Fsp3) is 0.0556. The molecule has 3 nitrogen and oxygen atoms in total. The summed E-state index contributed by atoms with van der Waals surface area (Å²) in [5.41, 5.74) is 1.60. The van der Waals surface area contributed by atoms with Gasteiger partial charge in [0.2, 0.25) is 0 Å². The van der Waals surface area contributed by atoms with Gasteiger partial charge in [-0.2, -0.15) is 0 Å². The number of hydrogen-bond acceptors (Lipinski definition) is 2. The monoisotopic (exact) mass is 345 g/mol. The summed E-state index contributed by atoms with van der Waals surface area (Å²) in [7, 11) is 0. The second kappa shape index (κ2) is 6.90. The van der Waals surface area contributed by atoms with Crippen LogP contribution in [0.1, 0.15) is 16.1 Å². The number of halogens is 2. The normalized spacial score (nSPS) is 10.5. The molecule has 0 bridgehead atoms. The van der Waals surface area contributed by atoms with Crippen molar-refractivity contribution in [2.24, 2.45) is 0 Å². The second-order valence-electron chi connectivity index (χ2n) is 4.92. The minimum absolute atomic E-state index is 0.229. The number of carbonyl (C=O) groups excluding carboxylic acids is 1. The Hall–Kier alpha value is -2.23. The lowest BCUT2D eigenvalue weighted by atomic mass is 10.2. The van der Waals surface area contributed by atoms with Gasteiger partial charge in [-0.25, -0.2) is 0 Å². The highest BCUT2D eigenvalue weighted by Gasteiger charge is 2.13. The van der Waals surface area contributed by atoms with Crippen LogP contribution in [-0.2, 0) is 6.54 Å². The zero-order chi connectivity index (χ0) is 16.2. The lowest BCUT2D eigenvalue weighted by Crippen LogP contribution is -2.22. The van der Waals surface area contributed by atoms with Crippen LogP contribution in [0.15, 0.2) is 65.1 Å². The molecule has 5 heteroatoms. The van der Waals surface area contributed by atoms with Crippen LogP contribution in [-0.4, -0.2) is 5.91 Å². The summed E-state index contributed by atoms with van der Waals surface area (Å²) in [5, 5.41) is 3.97. The van der Waals surface area contributed by atoms with Crippen molar-refractivity contribution in [2.75, 3.05) is 0 Å². The largest absolute Gasteiger partial charge is 0.451 e. The van der Waals surface area contributed by atoms with Crippen LogP contribution >= 0.6 is 23.2 Å². The summed E-state index contributed by atoms with van der Waals surface area (Å²) < 4.78 is 5.60. The highest BCUT2D eigenvalue weighted by molar-refractivity contribution is 6.33. The summed E-state index contributed by atoms with van der Waals surface area (Å²) in [6.45, 7) is 0.334. The Morgan fingerprint density at radius 2 is 1.61 bits per heavy atom. The van der Waals surface area contributed by atoms with Crippen molar-refractivity contribution in [1.82, 2.24) is 5.32 Å². The van der Waals surface area contributed by atoms with Gasteiger partial charge in [0.15, 0.2) is 5.76 Å². The predicted octanol–water partition coefficient (Wildman–Crippen LogP) is 5.18. The van der Waals surface area contributed by atoms with E-state index < -0.39 is 0 Å². The second-order valence-corrected chi connectivity index (χ2v) is 5.73. The van der Waals surface area contributed by atoms with Gasteiger partial charge in [-0.05, 0) is 35.9 Å². The third-order valence-electron chi connectivity index (χ3n) is 3.37. The molecule has 1 N–H and O–H groups in total. The van der Waals surface area contributed by atoms with Crippen LogP contribution in [0.5, 0.6) is 0 Å². The first kappa shape index (κ1) is 15.7. The van der Waals surface area contributed by atoms with Crippen molar-refractivity contribution in [3.05, 3.63) is 82.0 Å². The molecule has 0 aliphatic rings. The Balaban J connectivity index is 1.72. The Labute approximate surface area is 143 Å². The molecule has 0 aliphatic heterocycles. The van der Waals surface area contributed by atoms with Crippen LogP contribution in [0.25, 0.3) is 11.3 Å². The Kier molecular flexibility index (Phi) is 4.70. The van der Waals surface area contributed by atoms with E-state index in [0.717, 1.165) is 11.1 Å². The number of furan rings is 1. The maximum absolute atomic E-state index is 12.2. The van der Waals surface area contributed by atoms with E-state index in [9.17, 15) is 4.79 Å². The number of benzene rings is 2. The highest BCUT2D eigenvalue weighted by atomic mass is 35.5. The molecule has 0 radical (unpaired) electrons. The van der Waals surface area contributed by atoms with Crippen LogP contribution in [0.2, 0.25) is 10.0 Å². The predicted molar refractivity (Wildman–Crippen MR) is 91.8 cm³/mol. The van der Waals surface area contributed by atoms with Gasteiger partial charge in [-0.15, -0.1) is 0 Å². The molecule has 3 rings (SSSR count). The van der Waals surface area contributed by atoms with Crippen LogP contribution in [0, 0.1) is 0 Å². The topological polar surface area (TPSA) is 42.2 Å². The van der Waals surface area contributed by atoms with Gasteiger partial charge in [0.25, 0.3) is 5.91 Å². The average molecular weight is 346 g/mol. The summed E-state index contributed by atoms with van der Waals surface area (Å²) >= 11 is 12.2.